The van der Waals surface area contributed by atoms with Crippen LogP contribution in [0.5, 0.6) is 0 Å². The van der Waals surface area contributed by atoms with Crippen LogP contribution in [0.4, 0.5) is 13.2 Å². The Kier molecular flexibility index (Phi) is 6.62. The number of piperazine rings is 1. The number of hydrogen-bond acceptors (Lipinski definition) is 5. The number of aliphatic carboxylic acids is 1. The molecule has 2 aromatic rings. The van der Waals surface area contributed by atoms with Crippen LogP contribution in [0.25, 0.3) is 11.4 Å². The van der Waals surface area contributed by atoms with Crippen LogP contribution in [0.3, 0.4) is 0 Å². The average molecular weight is 413 g/mol. The van der Waals surface area contributed by atoms with Crippen molar-refractivity contribution in [1.29, 1.82) is 0 Å². The van der Waals surface area contributed by atoms with Crippen molar-refractivity contribution in [2.24, 2.45) is 0 Å². The number of rotatable bonds is 2. The van der Waals surface area contributed by atoms with Gasteiger partial charge in [0.2, 0.25) is 5.82 Å². The predicted molar refractivity (Wildman–Crippen MR) is 98.2 cm³/mol. The van der Waals surface area contributed by atoms with Gasteiger partial charge in [0, 0.05) is 25.2 Å². The van der Waals surface area contributed by atoms with E-state index in [9.17, 15) is 18.0 Å². The molecule has 1 fully saturated rings. The molecule has 8 nitrogen and oxygen atoms in total. The number of carbonyl (C=O) groups is 2. The molecule has 1 aliphatic heterocycles. The number of aromatic amines is 1. The number of nitrogens with one attached hydrogen (secondary N) is 2. The highest BCUT2D eigenvalue weighted by molar-refractivity contribution is 5.91. The van der Waals surface area contributed by atoms with E-state index in [2.05, 4.69) is 34.3 Å². The van der Waals surface area contributed by atoms with Crippen LogP contribution in [0, 0.1) is 6.92 Å². The maximum absolute atomic E-state index is 12.7. The minimum Gasteiger partial charge on any atom is -0.475 e. The number of benzene rings is 1. The third-order valence-electron chi connectivity index (χ3n) is 4.25. The summed E-state index contributed by atoms with van der Waals surface area (Å²) < 4.78 is 31.7. The molecule has 158 valence electrons. The van der Waals surface area contributed by atoms with Crippen molar-refractivity contribution < 1.29 is 27.9 Å². The molecule has 0 spiro atoms. The number of carboxylic acid groups (broad SMARTS) is 1. The molecule has 3 rings (SSSR count). The Morgan fingerprint density at radius 2 is 1.93 bits per heavy atom. The first-order chi connectivity index (χ1) is 13.4. The molecular weight excluding hydrogens is 391 g/mol. The zero-order valence-electron chi connectivity index (χ0n) is 16.2. The summed E-state index contributed by atoms with van der Waals surface area (Å²) in [5.74, 6) is -2.00. The third kappa shape index (κ3) is 5.76. The molecule has 0 unspecified atom stereocenters. The summed E-state index contributed by atoms with van der Waals surface area (Å²) in [6.07, 6.45) is -5.08. The van der Waals surface area contributed by atoms with Gasteiger partial charge in [0.25, 0.3) is 5.91 Å². The molecule has 3 N–H and O–H groups in total. The number of carbonyl (C=O) groups excluding carboxylic acids is 1. The summed E-state index contributed by atoms with van der Waals surface area (Å²) in [5, 5.41) is 17.4. The Bertz CT molecular complexity index is 880. The van der Waals surface area contributed by atoms with E-state index in [1.807, 2.05) is 36.1 Å². The number of aryl methyl sites for hydroxylation is 1. The van der Waals surface area contributed by atoms with E-state index >= 15 is 0 Å². The molecule has 0 radical (unpaired) electrons. The highest BCUT2D eigenvalue weighted by Crippen LogP contribution is 2.20. The fourth-order valence-corrected chi connectivity index (χ4v) is 2.76. The number of halogens is 3. The van der Waals surface area contributed by atoms with Crippen molar-refractivity contribution in [2.45, 2.75) is 32.5 Å². The number of amides is 1. The van der Waals surface area contributed by atoms with Gasteiger partial charge in [0.05, 0.1) is 5.54 Å². The first-order valence-corrected chi connectivity index (χ1v) is 8.74. The molecule has 11 heteroatoms. The lowest BCUT2D eigenvalue weighted by atomic mass is 10.00. The Hall–Kier alpha value is -2.95. The Morgan fingerprint density at radius 3 is 2.48 bits per heavy atom. The number of hydrogen-bond donors (Lipinski definition) is 3. The zero-order valence-corrected chi connectivity index (χ0v) is 16.2. The van der Waals surface area contributed by atoms with Gasteiger partial charge in [0.15, 0.2) is 5.82 Å². The molecular formula is C18H22F3N5O3. The van der Waals surface area contributed by atoms with Gasteiger partial charge in [0.1, 0.15) is 0 Å². The van der Waals surface area contributed by atoms with Crippen molar-refractivity contribution in [3.63, 3.8) is 0 Å². The van der Waals surface area contributed by atoms with Crippen molar-refractivity contribution >= 4 is 11.9 Å². The molecule has 1 aromatic heterocycles. The van der Waals surface area contributed by atoms with Crippen LogP contribution in [0.1, 0.15) is 30.0 Å². The van der Waals surface area contributed by atoms with Gasteiger partial charge in [-0.1, -0.05) is 23.8 Å². The van der Waals surface area contributed by atoms with Crippen LogP contribution in [-0.2, 0) is 4.79 Å². The zero-order chi connectivity index (χ0) is 21.8. The Balaban J connectivity index is 0.000000370. The number of H-pyrrole nitrogens is 1. The number of carboxylic acids is 1. The minimum atomic E-state index is -5.08. The van der Waals surface area contributed by atoms with Gasteiger partial charge in [-0.25, -0.2) is 9.78 Å². The maximum atomic E-state index is 12.7. The van der Waals surface area contributed by atoms with Gasteiger partial charge in [-0.3, -0.25) is 9.89 Å². The second-order valence-corrected chi connectivity index (χ2v) is 7.13. The SMILES string of the molecule is Cc1cccc(-c2n[nH]c(C(=O)N3CCNCC3(C)C)n2)c1.O=C(O)C(F)(F)F. The van der Waals surface area contributed by atoms with Crippen LogP contribution < -0.4 is 5.32 Å². The standard InChI is InChI=1S/C16H21N5O.C2HF3O2/c1-11-5-4-6-12(9-11)13-18-14(20-19-13)15(22)21-8-7-17-10-16(21,2)3;3-2(4,5)1(6)7/h4-6,9,17H,7-8,10H2,1-3H3,(H,18,19,20);(H,6,7). The smallest absolute Gasteiger partial charge is 0.475 e. The summed E-state index contributed by atoms with van der Waals surface area (Å²) in [5.41, 5.74) is 1.82. The normalized spacial score (nSPS) is 16.0. The second kappa shape index (κ2) is 8.60. The summed E-state index contributed by atoms with van der Waals surface area (Å²) in [6, 6.07) is 7.93. The van der Waals surface area contributed by atoms with Crippen molar-refractivity contribution in [1.82, 2.24) is 25.4 Å². The second-order valence-electron chi connectivity index (χ2n) is 7.13. The topological polar surface area (TPSA) is 111 Å². The van der Waals surface area contributed by atoms with Crippen LogP contribution in [0.2, 0.25) is 0 Å². The van der Waals surface area contributed by atoms with E-state index < -0.39 is 12.1 Å². The Labute approximate surface area is 165 Å². The van der Waals surface area contributed by atoms with E-state index in [0.29, 0.717) is 18.2 Å². The molecule has 0 aliphatic carbocycles. The quantitative estimate of drug-likeness (QED) is 0.696. The van der Waals surface area contributed by atoms with Crippen LogP contribution in [-0.4, -0.2) is 68.4 Å². The molecule has 0 atom stereocenters. The maximum Gasteiger partial charge on any atom is 0.490 e. The van der Waals surface area contributed by atoms with Crippen LogP contribution in [0.15, 0.2) is 24.3 Å². The van der Waals surface area contributed by atoms with Gasteiger partial charge < -0.3 is 15.3 Å². The van der Waals surface area contributed by atoms with Crippen molar-refractivity contribution in [3.8, 4) is 11.4 Å². The summed E-state index contributed by atoms with van der Waals surface area (Å²) in [4.78, 5) is 27.8. The predicted octanol–water partition coefficient (Wildman–Crippen LogP) is 2.24. The van der Waals surface area contributed by atoms with Gasteiger partial charge >= 0.3 is 12.1 Å². The molecule has 1 saturated heterocycles. The molecule has 1 aliphatic rings. The minimum absolute atomic E-state index is 0.0992. The molecule has 2 heterocycles. The number of aromatic nitrogens is 3. The molecule has 1 amide bonds. The van der Waals surface area contributed by atoms with E-state index in [1.165, 1.54) is 0 Å². The van der Waals surface area contributed by atoms with E-state index in [4.69, 9.17) is 9.90 Å². The molecule has 29 heavy (non-hydrogen) atoms. The molecule has 0 bridgehead atoms. The molecule has 1 aromatic carbocycles. The van der Waals surface area contributed by atoms with Crippen LogP contribution >= 0.6 is 0 Å². The van der Waals surface area contributed by atoms with E-state index in [-0.39, 0.29) is 11.4 Å². The highest BCUT2D eigenvalue weighted by Gasteiger charge is 2.38. The fourth-order valence-electron chi connectivity index (χ4n) is 2.76. The van der Waals surface area contributed by atoms with Gasteiger partial charge in [-0.15, -0.1) is 0 Å². The van der Waals surface area contributed by atoms with E-state index in [0.717, 1.165) is 24.2 Å². The van der Waals surface area contributed by atoms with E-state index in [1.54, 1.807) is 0 Å². The largest absolute Gasteiger partial charge is 0.490 e. The third-order valence-corrected chi connectivity index (χ3v) is 4.25. The van der Waals surface area contributed by atoms with Gasteiger partial charge in [-0.2, -0.15) is 18.3 Å². The summed E-state index contributed by atoms with van der Waals surface area (Å²) in [7, 11) is 0. The summed E-state index contributed by atoms with van der Waals surface area (Å²) in [6.45, 7) is 8.37. The summed E-state index contributed by atoms with van der Waals surface area (Å²) >= 11 is 0. The lowest BCUT2D eigenvalue weighted by molar-refractivity contribution is -0.192. The average Bonchev–Trinajstić information content (AvgIpc) is 3.11. The molecule has 0 saturated carbocycles. The van der Waals surface area contributed by atoms with Crippen molar-refractivity contribution in [2.75, 3.05) is 19.6 Å². The number of nitrogens with zero attached hydrogens (tertiary/aromatic N) is 3. The lowest BCUT2D eigenvalue weighted by Crippen LogP contribution is -2.60. The lowest BCUT2D eigenvalue weighted by Gasteiger charge is -2.42. The highest BCUT2D eigenvalue weighted by atomic mass is 19.4. The fraction of sp³-hybridized carbons (Fsp3) is 0.444. The first-order valence-electron chi connectivity index (χ1n) is 8.74. The van der Waals surface area contributed by atoms with Gasteiger partial charge in [-0.05, 0) is 26.8 Å². The Morgan fingerprint density at radius 1 is 1.28 bits per heavy atom. The van der Waals surface area contributed by atoms with Crippen molar-refractivity contribution in [3.05, 3.63) is 35.7 Å². The monoisotopic (exact) mass is 413 g/mol. The first kappa shape index (κ1) is 22.3. The number of alkyl halides is 3.